The molecule has 2 aromatic rings. The van der Waals surface area contributed by atoms with Crippen LogP contribution in [0.3, 0.4) is 0 Å². The average Bonchev–Trinajstić information content (AvgIpc) is 2.74. The molecule has 1 aliphatic heterocycles. The van der Waals surface area contributed by atoms with Crippen molar-refractivity contribution in [3.63, 3.8) is 0 Å². The fraction of sp³-hybridized carbons (Fsp3) is 0.278. The van der Waals surface area contributed by atoms with E-state index >= 15 is 0 Å². The number of benzene rings is 1. The van der Waals surface area contributed by atoms with E-state index < -0.39 is 44.3 Å². The van der Waals surface area contributed by atoms with E-state index in [0.29, 0.717) is 6.07 Å². The van der Waals surface area contributed by atoms with Crippen molar-refractivity contribution in [3.05, 3.63) is 59.9 Å². The van der Waals surface area contributed by atoms with Crippen LogP contribution in [-0.2, 0) is 14.8 Å². The van der Waals surface area contributed by atoms with Gasteiger partial charge in [-0.25, -0.2) is 17.2 Å². The van der Waals surface area contributed by atoms with Crippen LogP contribution in [0.5, 0.6) is 0 Å². The number of rotatable bonds is 4. The highest BCUT2D eigenvalue weighted by atomic mass is 32.2. The smallest absolute Gasteiger partial charge is 0.271 e. The molecule has 29 heavy (non-hydrogen) atoms. The summed E-state index contributed by atoms with van der Waals surface area (Å²) in [4.78, 5) is 27.2. The van der Waals surface area contributed by atoms with Crippen molar-refractivity contribution in [2.75, 3.05) is 13.1 Å². The number of amides is 2. The molecule has 0 bridgehead atoms. The predicted molar refractivity (Wildman–Crippen MR) is 97.7 cm³/mol. The minimum atomic E-state index is -4.22. The Labute approximate surface area is 166 Å². The molecule has 1 aromatic heterocycles. The van der Waals surface area contributed by atoms with Crippen molar-refractivity contribution in [3.8, 4) is 0 Å². The van der Waals surface area contributed by atoms with Crippen LogP contribution in [0, 0.1) is 17.6 Å². The highest BCUT2D eigenvalue weighted by Crippen LogP contribution is 2.26. The van der Waals surface area contributed by atoms with Gasteiger partial charge < -0.3 is 0 Å². The van der Waals surface area contributed by atoms with Crippen LogP contribution in [-0.4, -0.2) is 42.6 Å². The summed E-state index contributed by atoms with van der Waals surface area (Å²) in [7, 11) is -4.22. The molecule has 0 aliphatic carbocycles. The molecule has 1 fully saturated rings. The summed E-state index contributed by atoms with van der Waals surface area (Å²) in [5.41, 5.74) is 4.85. The van der Waals surface area contributed by atoms with Crippen LogP contribution >= 0.6 is 0 Å². The third kappa shape index (κ3) is 4.74. The maximum absolute atomic E-state index is 13.9. The van der Waals surface area contributed by atoms with Crippen LogP contribution in [0.15, 0.2) is 47.6 Å². The largest absolute Gasteiger partial charge is 0.273 e. The van der Waals surface area contributed by atoms with Gasteiger partial charge in [-0.1, -0.05) is 0 Å². The van der Waals surface area contributed by atoms with E-state index in [4.69, 9.17) is 0 Å². The molecular weight excluding hydrogens is 406 g/mol. The number of hydrazine groups is 1. The molecule has 11 heteroatoms. The number of nitrogens with one attached hydrogen (secondary N) is 2. The molecule has 1 saturated heterocycles. The predicted octanol–water partition coefficient (Wildman–Crippen LogP) is 1.22. The second-order valence-corrected chi connectivity index (χ2v) is 8.34. The van der Waals surface area contributed by atoms with E-state index in [0.717, 1.165) is 16.4 Å². The van der Waals surface area contributed by atoms with Gasteiger partial charge in [-0.3, -0.25) is 25.4 Å². The minimum absolute atomic E-state index is 0.0348. The highest BCUT2D eigenvalue weighted by Gasteiger charge is 2.34. The molecule has 1 aliphatic rings. The second-order valence-electron chi connectivity index (χ2n) is 6.44. The van der Waals surface area contributed by atoms with Crippen molar-refractivity contribution in [2.24, 2.45) is 5.92 Å². The first-order chi connectivity index (χ1) is 13.8. The molecular formula is C18H18F2N4O4S. The number of carbonyl (C=O) groups excluding carboxylic acids is 2. The van der Waals surface area contributed by atoms with Crippen LogP contribution < -0.4 is 10.9 Å². The number of piperidine rings is 1. The van der Waals surface area contributed by atoms with Crippen LogP contribution in [0.2, 0.25) is 0 Å². The Morgan fingerprint density at radius 1 is 1.10 bits per heavy atom. The Hall–Kier alpha value is -2.92. The lowest BCUT2D eigenvalue weighted by atomic mass is 9.98. The topological polar surface area (TPSA) is 108 Å². The summed E-state index contributed by atoms with van der Waals surface area (Å²) in [6.45, 7) is -0.0696. The van der Waals surface area contributed by atoms with Gasteiger partial charge in [0.15, 0.2) is 0 Å². The van der Waals surface area contributed by atoms with Crippen LogP contribution in [0.4, 0.5) is 8.78 Å². The van der Waals surface area contributed by atoms with Crippen molar-refractivity contribution in [2.45, 2.75) is 17.7 Å². The monoisotopic (exact) mass is 424 g/mol. The molecule has 0 atom stereocenters. The molecule has 154 valence electrons. The summed E-state index contributed by atoms with van der Waals surface area (Å²) in [5, 5.41) is 0. The van der Waals surface area contributed by atoms with Gasteiger partial charge in [-0.15, -0.1) is 0 Å². The number of carbonyl (C=O) groups is 2. The second kappa shape index (κ2) is 8.62. The van der Waals surface area contributed by atoms with E-state index in [1.165, 1.54) is 18.5 Å². The first kappa shape index (κ1) is 20.8. The van der Waals surface area contributed by atoms with Gasteiger partial charge in [0.2, 0.25) is 15.9 Å². The molecule has 8 nitrogen and oxygen atoms in total. The molecule has 3 rings (SSSR count). The zero-order valence-corrected chi connectivity index (χ0v) is 16.0. The number of pyridine rings is 1. The van der Waals surface area contributed by atoms with Crippen molar-refractivity contribution < 1.29 is 26.8 Å². The van der Waals surface area contributed by atoms with E-state index in [9.17, 15) is 26.8 Å². The number of halogens is 2. The molecule has 1 aromatic carbocycles. The summed E-state index contributed by atoms with van der Waals surface area (Å²) in [5.74, 6) is -3.43. The Morgan fingerprint density at radius 3 is 2.48 bits per heavy atom. The lowest BCUT2D eigenvalue weighted by molar-refractivity contribution is -0.126. The summed E-state index contributed by atoms with van der Waals surface area (Å²) >= 11 is 0. The first-order valence-electron chi connectivity index (χ1n) is 8.74. The Kier molecular flexibility index (Phi) is 6.18. The van der Waals surface area contributed by atoms with Gasteiger partial charge in [0, 0.05) is 31.4 Å². The van der Waals surface area contributed by atoms with Crippen molar-refractivity contribution >= 4 is 21.8 Å². The van der Waals surface area contributed by atoms with Crippen LogP contribution in [0.1, 0.15) is 23.2 Å². The highest BCUT2D eigenvalue weighted by molar-refractivity contribution is 7.89. The Morgan fingerprint density at radius 2 is 1.83 bits per heavy atom. The molecule has 0 radical (unpaired) electrons. The molecule has 2 N–H and O–H groups in total. The quantitative estimate of drug-likeness (QED) is 0.718. The van der Waals surface area contributed by atoms with Gasteiger partial charge >= 0.3 is 0 Å². The van der Waals surface area contributed by atoms with E-state index in [1.807, 2.05) is 0 Å². The summed E-state index contributed by atoms with van der Waals surface area (Å²) < 4.78 is 53.3. The Balaban J connectivity index is 1.56. The minimum Gasteiger partial charge on any atom is -0.273 e. The van der Waals surface area contributed by atoms with Gasteiger partial charge in [-0.05, 0) is 43.2 Å². The third-order valence-electron chi connectivity index (χ3n) is 4.56. The van der Waals surface area contributed by atoms with Gasteiger partial charge in [0.05, 0.1) is 5.56 Å². The fourth-order valence-corrected chi connectivity index (χ4v) is 4.51. The van der Waals surface area contributed by atoms with Gasteiger partial charge in [0.1, 0.15) is 16.5 Å². The average molecular weight is 424 g/mol. The molecule has 2 amide bonds. The first-order valence-corrected chi connectivity index (χ1v) is 10.2. The Bertz CT molecular complexity index is 1010. The molecule has 0 saturated carbocycles. The zero-order chi connectivity index (χ0) is 21.0. The fourth-order valence-electron chi connectivity index (χ4n) is 2.96. The maximum atomic E-state index is 13.9. The number of hydrogen-bond donors (Lipinski definition) is 2. The van der Waals surface area contributed by atoms with E-state index in [2.05, 4.69) is 15.8 Å². The summed E-state index contributed by atoms with van der Waals surface area (Å²) in [6.07, 6.45) is 3.19. The lowest BCUT2D eigenvalue weighted by Crippen LogP contribution is -2.48. The number of hydrogen-bond acceptors (Lipinski definition) is 5. The van der Waals surface area contributed by atoms with E-state index in [1.54, 1.807) is 6.07 Å². The standard InChI is InChI=1S/C18H18F2N4O4S/c19-14-3-4-15(20)16(10-14)29(27,28)24-8-5-12(6-9-24)17(25)22-23-18(26)13-2-1-7-21-11-13/h1-4,7,10-12H,5-6,8-9H2,(H,22,25)(H,23,26). The maximum Gasteiger partial charge on any atom is 0.271 e. The summed E-state index contributed by atoms with van der Waals surface area (Å²) in [6, 6.07) is 5.34. The molecule has 0 spiro atoms. The van der Waals surface area contributed by atoms with Gasteiger partial charge in [-0.2, -0.15) is 4.31 Å². The van der Waals surface area contributed by atoms with Crippen molar-refractivity contribution in [1.29, 1.82) is 0 Å². The zero-order valence-electron chi connectivity index (χ0n) is 15.1. The normalized spacial score (nSPS) is 15.7. The van der Waals surface area contributed by atoms with E-state index in [-0.39, 0.29) is 31.5 Å². The molecule has 2 heterocycles. The van der Waals surface area contributed by atoms with Crippen LogP contribution in [0.25, 0.3) is 0 Å². The molecule has 0 unspecified atom stereocenters. The van der Waals surface area contributed by atoms with Gasteiger partial charge in [0.25, 0.3) is 5.91 Å². The lowest BCUT2D eigenvalue weighted by Gasteiger charge is -2.30. The number of aromatic nitrogens is 1. The SMILES string of the molecule is O=C(NNC(=O)C1CCN(S(=O)(=O)c2cc(F)ccc2F)CC1)c1cccnc1. The number of nitrogens with zero attached hydrogens (tertiary/aromatic N) is 2. The third-order valence-corrected chi connectivity index (χ3v) is 6.47. The number of sulfonamides is 1. The van der Waals surface area contributed by atoms with Crippen molar-refractivity contribution in [1.82, 2.24) is 20.1 Å².